The molecule has 0 aliphatic carbocycles. The zero-order chi connectivity index (χ0) is 30.9. The highest BCUT2D eigenvalue weighted by Crippen LogP contribution is 2.22. The summed E-state index contributed by atoms with van der Waals surface area (Å²) in [6.45, 7) is 14.0. The van der Waals surface area contributed by atoms with Crippen molar-refractivity contribution in [1.29, 1.82) is 0 Å². The number of aliphatic hydroxyl groups excluding tert-OH is 2. The number of carbonyl (C=O) groups excluding carboxylic acids is 3. The van der Waals surface area contributed by atoms with Crippen molar-refractivity contribution in [2.75, 3.05) is 20.2 Å². The lowest BCUT2D eigenvalue weighted by atomic mass is 9.95. The summed E-state index contributed by atoms with van der Waals surface area (Å²) < 4.78 is 0. The maximum atomic E-state index is 13.8. The van der Waals surface area contributed by atoms with Crippen LogP contribution in [0.4, 0.5) is 0 Å². The number of likely N-dealkylation sites (tertiary alicyclic amines) is 1. The molecule has 0 saturated carbocycles. The van der Waals surface area contributed by atoms with E-state index in [4.69, 9.17) is 0 Å². The summed E-state index contributed by atoms with van der Waals surface area (Å²) in [5.74, 6) is -0.913. The first kappa shape index (κ1) is 34.5. The van der Waals surface area contributed by atoms with Crippen LogP contribution in [0.15, 0.2) is 42.0 Å². The van der Waals surface area contributed by atoms with Crippen LogP contribution in [0.5, 0.6) is 0 Å². The van der Waals surface area contributed by atoms with Crippen LogP contribution in [0.1, 0.15) is 79.4 Å². The Hall–Kier alpha value is -2.75. The number of hydrogen-bond acceptors (Lipinski definition) is 6. The molecule has 2 rings (SSSR count). The third kappa shape index (κ3) is 9.38. The molecule has 230 valence electrons. The maximum absolute atomic E-state index is 13.8. The topological polar surface area (TPSA) is 122 Å². The minimum Gasteiger partial charge on any atom is -0.394 e. The third-order valence-electron chi connectivity index (χ3n) is 8.03. The minimum atomic E-state index is -1.07. The number of piperidine rings is 1. The Bertz CT molecular complexity index is 1030. The van der Waals surface area contributed by atoms with Gasteiger partial charge in [-0.2, -0.15) is 0 Å². The fourth-order valence-electron chi connectivity index (χ4n) is 5.46. The number of amides is 3. The van der Waals surface area contributed by atoms with E-state index in [1.54, 1.807) is 49.2 Å². The van der Waals surface area contributed by atoms with Gasteiger partial charge in [0.15, 0.2) is 0 Å². The molecule has 1 aromatic rings. The first-order valence-corrected chi connectivity index (χ1v) is 15.0. The van der Waals surface area contributed by atoms with Gasteiger partial charge in [-0.15, -0.1) is 0 Å². The maximum Gasteiger partial charge on any atom is 0.247 e. The van der Waals surface area contributed by atoms with Gasteiger partial charge in [-0.1, -0.05) is 70.5 Å². The van der Waals surface area contributed by atoms with Crippen LogP contribution < -0.4 is 10.6 Å². The number of likely N-dealkylation sites (N-methyl/N-ethyl adjacent to an activating group) is 1. The Labute approximate surface area is 246 Å². The normalized spacial score (nSPS) is 19.5. The van der Waals surface area contributed by atoms with Crippen LogP contribution in [0, 0.1) is 11.8 Å². The van der Waals surface area contributed by atoms with Gasteiger partial charge in [0.2, 0.25) is 17.7 Å². The van der Waals surface area contributed by atoms with Gasteiger partial charge in [0, 0.05) is 18.7 Å². The molecule has 9 heteroatoms. The van der Waals surface area contributed by atoms with Crippen molar-refractivity contribution in [2.24, 2.45) is 11.8 Å². The lowest BCUT2D eigenvalue weighted by molar-refractivity contribution is -0.140. The largest absolute Gasteiger partial charge is 0.394 e. The molecule has 1 aliphatic rings. The number of benzene rings is 1. The molecule has 1 aromatic carbocycles. The molecule has 41 heavy (non-hydrogen) atoms. The quantitative estimate of drug-likeness (QED) is 0.270. The van der Waals surface area contributed by atoms with Crippen molar-refractivity contribution in [3.63, 3.8) is 0 Å². The Morgan fingerprint density at radius 3 is 2.20 bits per heavy atom. The van der Waals surface area contributed by atoms with Crippen molar-refractivity contribution in [2.45, 2.75) is 104 Å². The van der Waals surface area contributed by atoms with E-state index in [0.29, 0.717) is 11.1 Å². The van der Waals surface area contributed by atoms with Crippen molar-refractivity contribution in [3.05, 3.63) is 47.5 Å². The summed E-state index contributed by atoms with van der Waals surface area (Å²) in [4.78, 5) is 44.1. The van der Waals surface area contributed by atoms with E-state index in [2.05, 4.69) is 29.4 Å². The second-order valence-corrected chi connectivity index (χ2v) is 12.2. The van der Waals surface area contributed by atoms with E-state index < -0.39 is 36.7 Å². The molecule has 0 unspecified atom stereocenters. The summed E-state index contributed by atoms with van der Waals surface area (Å²) in [6, 6.07) is 6.83. The Morgan fingerprint density at radius 1 is 1.02 bits per heavy atom. The van der Waals surface area contributed by atoms with Gasteiger partial charge >= 0.3 is 0 Å². The molecule has 5 atom stereocenters. The van der Waals surface area contributed by atoms with Crippen LogP contribution in [0.2, 0.25) is 0 Å². The second-order valence-electron chi connectivity index (χ2n) is 12.2. The molecular weight excluding hydrogens is 520 g/mol. The molecule has 0 aromatic heterocycles. The average molecular weight is 573 g/mol. The number of nitrogens with one attached hydrogen (secondary N) is 2. The first-order valence-electron chi connectivity index (χ1n) is 15.0. The van der Waals surface area contributed by atoms with Crippen LogP contribution in [0.3, 0.4) is 0 Å². The first-order chi connectivity index (χ1) is 19.3. The zero-order valence-electron chi connectivity index (χ0n) is 26.1. The van der Waals surface area contributed by atoms with Gasteiger partial charge in [0.05, 0.1) is 24.7 Å². The summed E-state index contributed by atoms with van der Waals surface area (Å²) >= 11 is 0. The molecule has 1 aliphatic heterocycles. The van der Waals surface area contributed by atoms with Gasteiger partial charge < -0.3 is 25.7 Å². The van der Waals surface area contributed by atoms with Gasteiger partial charge in [0.25, 0.3) is 0 Å². The molecule has 0 bridgehead atoms. The van der Waals surface area contributed by atoms with Crippen LogP contribution in [-0.2, 0) is 14.4 Å². The van der Waals surface area contributed by atoms with Crippen molar-refractivity contribution >= 4 is 17.7 Å². The molecule has 4 N–H and O–H groups in total. The SMILES string of the molecule is CC(=C[C@H](C(C)C)N(C)C(=O)[C@@H](NC(=O)[C@H]1CCCCN1C(C)C)C(C)C)C(=O)N[C@@H](CO)[C@H](O)c1ccccc1. The number of nitrogens with zero attached hydrogens (tertiary/aromatic N) is 2. The average Bonchev–Trinajstić information content (AvgIpc) is 2.95. The monoisotopic (exact) mass is 572 g/mol. The molecule has 1 saturated heterocycles. The highest BCUT2D eigenvalue weighted by Gasteiger charge is 2.36. The molecule has 9 nitrogen and oxygen atoms in total. The van der Waals surface area contributed by atoms with Gasteiger partial charge in [-0.25, -0.2) is 0 Å². The van der Waals surface area contributed by atoms with Crippen molar-refractivity contribution in [3.8, 4) is 0 Å². The van der Waals surface area contributed by atoms with Crippen molar-refractivity contribution < 1.29 is 24.6 Å². The van der Waals surface area contributed by atoms with E-state index in [9.17, 15) is 24.6 Å². The third-order valence-corrected chi connectivity index (χ3v) is 8.03. The molecule has 0 spiro atoms. The van der Waals surface area contributed by atoms with E-state index in [1.807, 2.05) is 33.8 Å². The molecular formula is C32H52N4O5. The van der Waals surface area contributed by atoms with Gasteiger partial charge in [-0.3, -0.25) is 19.3 Å². The predicted molar refractivity (Wildman–Crippen MR) is 162 cm³/mol. The highest BCUT2D eigenvalue weighted by atomic mass is 16.3. The van der Waals surface area contributed by atoms with E-state index >= 15 is 0 Å². The standard InChI is InChI=1S/C32H52N4O5/c1-20(2)27(18-23(7)30(39)33-25(19-37)29(38)24-14-10-9-11-15-24)35(8)32(41)28(21(3)4)34-31(40)26-16-12-13-17-36(26)22(5)6/h9-11,14-15,18,20-22,25-29,37-38H,12-13,16-17,19H2,1-8H3,(H,33,39)(H,34,40)/t25-,26+,27+,28-,29+/m0/s1. The summed E-state index contributed by atoms with van der Waals surface area (Å²) in [7, 11) is 1.70. The van der Waals surface area contributed by atoms with E-state index in [-0.39, 0.29) is 35.7 Å². The Balaban J connectivity index is 2.18. The fraction of sp³-hybridized carbons (Fsp3) is 0.656. The van der Waals surface area contributed by atoms with E-state index in [0.717, 1.165) is 25.8 Å². The molecule has 3 amide bonds. The van der Waals surface area contributed by atoms with Gasteiger partial charge in [-0.05, 0) is 57.6 Å². The van der Waals surface area contributed by atoms with Crippen molar-refractivity contribution in [1.82, 2.24) is 20.4 Å². The van der Waals surface area contributed by atoms with Crippen LogP contribution in [-0.4, -0.2) is 88.1 Å². The highest BCUT2D eigenvalue weighted by molar-refractivity contribution is 5.93. The summed E-state index contributed by atoms with van der Waals surface area (Å²) in [6.07, 6.45) is 3.49. The van der Waals surface area contributed by atoms with Crippen LogP contribution in [0.25, 0.3) is 0 Å². The Kier molecular flexibility index (Phi) is 13.5. The fourth-order valence-corrected chi connectivity index (χ4v) is 5.46. The lowest BCUT2D eigenvalue weighted by Gasteiger charge is -2.39. The second kappa shape index (κ2) is 16.0. The smallest absolute Gasteiger partial charge is 0.247 e. The molecule has 1 fully saturated rings. The number of hydrogen-bond donors (Lipinski definition) is 4. The molecule has 1 heterocycles. The lowest BCUT2D eigenvalue weighted by Crippen LogP contribution is -2.58. The summed E-state index contributed by atoms with van der Waals surface area (Å²) in [5, 5.41) is 26.3. The number of aliphatic hydroxyl groups is 2. The molecule has 0 radical (unpaired) electrons. The predicted octanol–water partition coefficient (Wildman–Crippen LogP) is 3.03. The number of rotatable bonds is 13. The number of carbonyl (C=O) groups is 3. The van der Waals surface area contributed by atoms with E-state index in [1.165, 1.54) is 0 Å². The minimum absolute atomic E-state index is 0.0199. The van der Waals surface area contributed by atoms with Crippen LogP contribution >= 0.6 is 0 Å². The summed E-state index contributed by atoms with van der Waals surface area (Å²) in [5.41, 5.74) is 0.951. The van der Waals surface area contributed by atoms with Gasteiger partial charge in [0.1, 0.15) is 12.1 Å². The Morgan fingerprint density at radius 2 is 1.66 bits per heavy atom. The zero-order valence-corrected chi connectivity index (χ0v) is 26.1.